The second-order valence-electron chi connectivity index (χ2n) is 1.29. The van der Waals surface area contributed by atoms with E-state index in [2.05, 4.69) is 0 Å². The summed E-state index contributed by atoms with van der Waals surface area (Å²) in [5.74, 6) is -2.62. The van der Waals surface area contributed by atoms with Crippen molar-refractivity contribution in [2.45, 2.75) is 5.25 Å². The van der Waals surface area contributed by atoms with Crippen LogP contribution in [0.4, 0.5) is 0 Å². The largest absolute Gasteiger partial charge is 0.480 e. The third-order valence-electron chi connectivity index (χ3n) is 0.684. The van der Waals surface area contributed by atoms with Gasteiger partial charge in [0.05, 0.1) is 0 Å². The summed E-state index contributed by atoms with van der Waals surface area (Å²) in [6.07, 6.45) is 1.44. The van der Waals surface area contributed by atoms with E-state index >= 15 is 0 Å². The first-order valence-electron chi connectivity index (χ1n) is 2.08. The minimum Gasteiger partial charge on any atom is -0.480 e. The standard InChI is InChI=1S/C4H6O4S/c1-9-2(3(5)6)4(7)8/h2H,1H3,(H,5,6)(H,7,8). The third-order valence-corrected chi connectivity index (χ3v) is 1.56. The number of rotatable bonds is 3. The molecule has 0 fully saturated rings. The van der Waals surface area contributed by atoms with Crippen LogP contribution in [0.2, 0.25) is 0 Å². The Morgan fingerprint density at radius 1 is 1.33 bits per heavy atom. The Morgan fingerprint density at radius 2 is 1.67 bits per heavy atom. The number of carbonyl (C=O) groups is 2. The highest BCUT2D eigenvalue weighted by Crippen LogP contribution is 2.05. The van der Waals surface area contributed by atoms with Crippen molar-refractivity contribution in [3.05, 3.63) is 0 Å². The van der Waals surface area contributed by atoms with Gasteiger partial charge in [-0.25, -0.2) is 0 Å². The fourth-order valence-electron chi connectivity index (χ4n) is 0.307. The van der Waals surface area contributed by atoms with Gasteiger partial charge in [-0.3, -0.25) is 9.59 Å². The summed E-state index contributed by atoms with van der Waals surface area (Å²) in [7, 11) is 0. The van der Waals surface area contributed by atoms with Crippen molar-refractivity contribution < 1.29 is 19.8 Å². The second kappa shape index (κ2) is 3.34. The SMILES string of the molecule is CSC(C(=O)O)C(=O)O. The van der Waals surface area contributed by atoms with Crippen LogP contribution in [0.25, 0.3) is 0 Å². The van der Waals surface area contributed by atoms with E-state index in [1.165, 1.54) is 6.26 Å². The van der Waals surface area contributed by atoms with E-state index in [9.17, 15) is 9.59 Å². The van der Waals surface area contributed by atoms with Crippen molar-refractivity contribution in [3.8, 4) is 0 Å². The Labute approximate surface area is 55.9 Å². The normalized spacial score (nSPS) is 9.56. The first-order valence-corrected chi connectivity index (χ1v) is 3.36. The fourth-order valence-corrected chi connectivity index (χ4v) is 0.711. The number of aliphatic carboxylic acids is 2. The van der Waals surface area contributed by atoms with Crippen LogP contribution in [0.3, 0.4) is 0 Å². The molecule has 4 nitrogen and oxygen atoms in total. The molecular formula is C4H6O4S. The molecule has 0 spiro atoms. The minimum absolute atomic E-state index is 0.787. The van der Waals surface area contributed by atoms with Gasteiger partial charge in [-0.2, -0.15) is 0 Å². The summed E-state index contributed by atoms with van der Waals surface area (Å²) in [6.45, 7) is 0. The molecule has 0 aromatic carbocycles. The highest BCUT2D eigenvalue weighted by atomic mass is 32.2. The van der Waals surface area contributed by atoms with E-state index in [-0.39, 0.29) is 0 Å². The van der Waals surface area contributed by atoms with Crippen molar-refractivity contribution in [2.24, 2.45) is 0 Å². The van der Waals surface area contributed by atoms with Crippen molar-refractivity contribution >= 4 is 23.7 Å². The van der Waals surface area contributed by atoms with E-state index in [0.717, 1.165) is 11.8 Å². The molecule has 0 atom stereocenters. The zero-order chi connectivity index (χ0) is 7.44. The van der Waals surface area contributed by atoms with Gasteiger partial charge in [-0.15, -0.1) is 11.8 Å². The van der Waals surface area contributed by atoms with Gasteiger partial charge in [0.1, 0.15) is 0 Å². The maximum Gasteiger partial charge on any atom is 0.328 e. The van der Waals surface area contributed by atoms with Crippen molar-refractivity contribution in [1.29, 1.82) is 0 Å². The molecule has 0 radical (unpaired) electrons. The van der Waals surface area contributed by atoms with Gasteiger partial charge in [-0.05, 0) is 6.26 Å². The van der Waals surface area contributed by atoms with Crippen LogP contribution in [0.15, 0.2) is 0 Å². The van der Waals surface area contributed by atoms with Crippen molar-refractivity contribution in [1.82, 2.24) is 0 Å². The van der Waals surface area contributed by atoms with Gasteiger partial charge in [0.25, 0.3) is 0 Å². The van der Waals surface area contributed by atoms with E-state index in [4.69, 9.17) is 10.2 Å². The van der Waals surface area contributed by atoms with E-state index in [1.807, 2.05) is 0 Å². The molecule has 2 N–H and O–H groups in total. The Balaban J connectivity index is 3.99. The summed E-state index contributed by atoms with van der Waals surface area (Å²) in [5, 5.41) is 15.0. The summed E-state index contributed by atoms with van der Waals surface area (Å²) < 4.78 is 0. The molecule has 9 heavy (non-hydrogen) atoms. The molecule has 5 heteroatoms. The smallest absolute Gasteiger partial charge is 0.328 e. The maximum absolute atomic E-state index is 9.97. The molecule has 52 valence electrons. The lowest BCUT2D eigenvalue weighted by molar-refractivity contribution is -0.146. The van der Waals surface area contributed by atoms with Crippen LogP contribution >= 0.6 is 11.8 Å². The first-order chi connectivity index (χ1) is 4.09. The number of thioether (sulfide) groups is 1. The average Bonchev–Trinajstić information content (AvgIpc) is 1.64. The van der Waals surface area contributed by atoms with Crippen molar-refractivity contribution in [2.75, 3.05) is 6.26 Å². The molecule has 0 aromatic heterocycles. The van der Waals surface area contributed by atoms with Crippen LogP contribution in [0.1, 0.15) is 0 Å². The van der Waals surface area contributed by atoms with Crippen LogP contribution in [0.5, 0.6) is 0 Å². The molecule has 0 unspecified atom stereocenters. The molecule has 0 aliphatic heterocycles. The highest BCUT2D eigenvalue weighted by Gasteiger charge is 2.23. The number of hydrogen-bond donors (Lipinski definition) is 2. The zero-order valence-corrected chi connectivity index (χ0v) is 5.51. The Bertz CT molecular complexity index is 119. The molecule has 0 heterocycles. The van der Waals surface area contributed by atoms with Gasteiger partial charge in [0, 0.05) is 0 Å². The number of carboxylic acid groups (broad SMARTS) is 2. The van der Waals surface area contributed by atoms with Crippen LogP contribution < -0.4 is 0 Å². The zero-order valence-electron chi connectivity index (χ0n) is 4.70. The predicted octanol–water partition coefficient (Wildman–Crippen LogP) is -0.113. The Hall–Kier alpha value is -0.710. The van der Waals surface area contributed by atoms with Gasteiger partial charge in [0.2, 0.25) is 0 Å². The molecule has 0 aliphatic rings. The van der Waals surface area contributed by atoms with Crippen LogP contribution in [0, 0.1) is 0 Å². The number of hydrogen-bond acceptors (Lipinski definition) is 3. The second-order valence-corrected chi connectivity index (χ2v) is 2.24. The topological polar surface area (TPSA) is 74.6 Å². The summed E-state index contributed by atoms with van der Waals surface area (Å²) in [6, 6.07) is 0. The minimum atomic E-state index is -1.33. The Kier molecular flexibility index (Phi) is 3.08. The fraction of sp³-hybridized carbons (Fsp3) is 0.500. The molecule has 0 saturated carbocycles. The number of carboxylic acids is 2. The lowest BCUT2D eigenvalue weighted by Gasteiger charge is -1.99. The predicted molar refractivity (Wildman–Crippen MR) is 32.6 cm³/mol. The molecule has 0 saturated heterocycles. The van der Waals surface area contributed by atoms with Crippen LogP contribution in [-0.2, 0) is 9.59 Å². The molecule has 0 amide bonds. The average molecular weight is 150 g/mol. The molecule has 0 aromatic rings. The monoisotopic (exact) mass is 150 g/mol. The third kappa shape index (κ3) is 2.36. The van der Waals surface area contributed by atoms with E-state index in [1.54, 1.807) is 0 Å². The van der Waals surface area contributed by atoms with Gasteiger partial charge in [0.15, 0.2) is 5.25 Å². The highest BCUT2D eigenvalue weighted by molar-refractivity contribution is 8.00. The van der Waals surface area contributed by atoms with Gasteiger partial charge in [-0.1, -0.05) is 0 Å². The van der Waals surface area contributed by atoms with E-state index in [0.29, 0.717) is 0 Å². The molecule has 0 aliphatic carbocycles. The summed E-state index contributed by atoms with van der Waals surface area (Å²) in [4.78, 5) is 19.9. The first kappa shape index (κ1) is 8.29. The van der Waals surface area contributed by atoms with E-state index < -0.39 is 17.2 Å². The molecular weight excluding hydrogens is 144 g/mol. The van der Waals surface area contributed by atoms with Crippen LogP contribution in [-0.4, -0.2) is 33.7 Å². The summed E-state index contributed by atoms with van der Waals surface area (Å²) in [5.41, 5.74) is 0. The van der Waals surface area contributed by atoms with Gasteiger partial charge >= 0.3 is 11.9 Å². The van der Waals surface area contributed by atoms with Crippen molar-refractivity contribution in [3.63, 3.8) is 0 Å². The Morgan fingerprint density at radius 3 is 1.67 bits per heavy atom. The lowest BCUT2D eigenvalue weighted by Crippen LogP contribution is -2.25. The van der Waals surface area contributed by atoms with Gasteiger partial charge < -0.3 is 10.2 Å². The quantitative estimate of drug-likeness (QED) is 0.549. The maximum atomic E-state index is 9.97. The molecule has 0 bridgehead atoms. The molecule has 0 rings (SSSR count). The summed E-state index contributed by atoms with van der Waals surface area (Å²) >= 11 is 0.787. The lowest BCUT2D eigenvalue weighted by atomic mass is 10.4.